The molecule has 1 unspecified atom stereocenters. The van der Waals surface area contributed by atoms with E-state index in [1.165, 1.54) is 0 Å². The summed E-state index contributed by atoms with van der Waals surface area (Å²) in [5.74, 6) is 0.786. The topological polar surface area (TPSA) is 50.8 Å². The highest BCUT2D eigenvalue weighted by atomic mass is 35.5. The van der Waals surface area contributed by atoms with Gasteiger partial charge in [-0.25, -0.2) is 4.79 Å². The molecule has 0 saturated carbocycles. The van der Waals surface area contributed by atoms with Crippen LogP contribution in [0.4, 0.5) is 4.79 Å². The summed E-state index contributed by atoms with van der Waals surface area (Å²) >= 11 is 5.99. The number of ether oxygens (including phenoxy) is 2. The zero-order valence-corrected chi connectivity index (χ0v) is 13.2. The minimum atomic E-state index is -0.0493. The van der Waals surface area contributed by atoms with Crippen molar-refractivity contribution in [1.82, 2.24) is 10.2 Å². The number of rotatable bonds is 4. The number of amides is 2. The fourth-order valence-electron chi connectivity index (χ4n) is 2.38. The predicted molar refractivity (Wildman–Crippen MR) is 82.1 cm³/mol. The molecule has 0 bridgehead atoms. The van der Waals surface area contributed by atoms with Crippen LogP contribution in [0, 0.1) is 0 Å². The van der Waals surface area contributed by atoms with Gasteiger partial charge in [-0.15, -0.1) is 0 Å². The second kappa shape index (κ2) is 7.52. The Kier molecular flexibility index (Phi) is 5.70. The average Bonchev–Trinajstić information content (AvgIpc) is 2.48. The lowest BCUT2D eigenvalue weighted by molar-refractivity contribution is 0.0191. The molecule has 6 heteroatoms. The van der Waals surface area contributed by atoms with Crippen LogP contribution in [-0.2, 0) is 11.2 Å². The average molecular weight is 313 g/mol. The Labute approximate surface area is 130 Å². The fraction of sp³-hybridized carbons (Fsp3) is 0.533. The van der Waals surface area contributed by atoms with Crippen LogP contribution in [0.5, 0.6) is 5.75 Å². The molecule has 5 nitrogen and oxygen atoms in total. The molecule has 0 spiro atoms. The summed E-state index contributed by atoms with van der Waals surface area (Å²) < 4.78 is 10.6. The number of urea groups is 1. The summed E-state index contributed by atoms with van der Waals surface area (Å²) in [6, 6.07) is 5.55. The standard InChI is InChI=1S/C15H21ClN2O3/c1-11-10-21-8-7-18(11)15(19)17-6-5-12-9-13(16)3-4-14(12)20-2/h3-4,9,11H,5-8,10H2,1-2H3,(H,17,19). The van der Waals surface area contributed by atoms with Crippen LogP contribution in [0.25, 0.3) is 0 Å². The summed E-state index contributed by atoms with van der Waals surface area (Å²) in [6.45, 7) is 4.35. The summed E-state index contributed by atoms with van der Waals surface area (Å²) in [5.41, 5.74) is 0.986. The molecule has 0 radical (unpaired) electrons. The van der Waals surface area contributed by atoms with Gasteiger partial charge in [0.1, 0.15) is 5.75 Å². The van der Waals surface area contributed by atoms with Gasteiger partial charge in [0.25, 0.3) is 0 Å². The monoisotopic (exact) mass is 312 g/mol. The summed E-state index contributed by atoms with van der Waals surface area (Å²) in [4.78, 5) is 13.9. The zero-order chi connectivity index (χ0) is 15.2. The largest absolute Gasteiger partial charge is 0.496 e. The van der Waals surface area contributed by atoms with E-state index in [0.717, 1.165) is 11.3 Å². The summed E-state index contributed by atoms with van der Waals surface area (Å²) in [5, 5.41) is 3.60. The molecule has 1 fully saturated rings. The van der Waals surface area contributed by atoms with Gasteiger partial charge >= 0.3 is 6.03 Å². The number of nitrogens with one attached hydrogen (secondary N) is 1. The van der Waals surface area contributed by atoms with Crippen LogP contribution in [-0.4, -0.2) is 50.4 Å². The number of hydrogen-bond acceptors (Lipinski definition) is 3. The molecular formula is C15H21ClN2O3. The minimum absolute atomic E-state index is 0.0493. The van der Waals surface area contributed by atoms with Crippen molar-refractivity contribution in [2.45, 2.75) is 19.4 Å². The van der Waals surface area contributed by atoms with Gasteiger partial charge in [-0.1, -0.05) is 11.6 Å². The van der Waals surface area contributed by atoms with E-state index >= 15 is 0 Å². The number of carbonyl (C=O) groups excluding carboxylic acids is 1. The maximum Gasteiger partial charge on any atom is 0.317 e. The van der Waals surface area contributed by atoms with Gasteiger partial charge in [-0.05, 0) is 37.1 Å². The SMILES string of the molecule is COc1ccc(Cl)cc1CCNC(=O)N1CCOCC1C. The van der Waals surface area contributed by atoms with Crippen LogP contribution in [0.15, 0.2) is 18.2 Å². The first-order chi connectivity index (χ1) is 10.1. The third-order valence-corrected chi connectivity index (χ3v) is 3.78. The van der Waals surface area contributed by atoms with E-state index in [-0.39, 0.29) is 12.1 Å². The molecular weight excluding hydrogens is 292 g/mol. The summed E-state index contributed by atoms with van der Waals surface area (Å²) in [6.07, 6.45) is 0.675. The highest BCUT2D eigenvalue weighted by Gasteiger charge is 2.23. The van der Waals surface area contributed by atoms with E-state index in [9.17, 15) is 4.79 Å². The van der Waals surface area contributed by atoms with Crippen molar-refractivity contribution in [3.05, 3.63) is 28.8 Å². The second-order valence-electron chi connectivity index (χ2n) is 5.06. The molecule has 116 valence electrons. The Balaban J connectivity index is 1.86. The number of methoxy groups -OCH3 is 1. The maximum absolute atomic E-state index is 12.1. The van der Waals surface area contributed by atoms with Crippen LogP contribution in [0.2, 0.25) is 5.02 Å². The molecule has 0 aromatic heterocycles. The van der Waals surface area contributed by atoms with Crippen molar-refractivity contribution >= 4 is 17.6 Å². The lowest BCUT2D eigenvalue weighted by Gasteiger charge is -2.33. The highest BCUT2D eigenvalue weighted by molar-refractivity contribution is 6.30. The molecule has 1 aromatic carbocycles. The number of carbonyl (C=O) groups is 1. The first kappa shape index (κ1) is 15.9. The van der Waals surface area contributed by atoms with Crippen LogP contribution < -0.4 is 10.1 Å². The fourth-order valence-corrected chi connectivity index (χ4v) is 2.57. The first-order valence-electron chi connectivity index (χ1n) is 7.06. The van der Waals surface area contributed by atoms with Crippen molar-refractivity contribution in [2.75, 3.05) is 33.4 Å². The molecule has 1 aliphatic heterocycles. The molecule has 1 aliphatic rings. The Morgan fingerprint density at radius 2 is 2.38 bits per heavy atom. The summed E-state index contributed by atoms with van der Waals surface area (Å²) in [7, 11) is 1.63. The van der Waals surface area contributed by atoms with Gasteiger partial charge < -0.3 is 19.7 Å². The van der Waals surface area contributed by atoms with Gasteiger partial charge in [-0.3, -0.25) is 0 Å². The molecule has 1 saturated heterocycles. The van der Waals surface area contributed by atoms with Crippen molar-refractivity contribution in [3.63, 3.8) is 0 Å². The third-order valence-electron chi connectivity index (χ3n) is 3.54. The zero-order valence-electron chi connectivity index (χ0n) is 12.4. The maximum atomic E-state index is 12.1. The van der Waals surface area contributed by atoms with E-state index < -0.39 is 0 Å². The van der Waals surface area contributed by atoms with Gasteiger partial charge in [0.2, 0.25) is 0 Å². The molecule has 2 amide bonds. The highest BCUT2D eigenvalue weighted by Crippen LogP contribution is 2.22. The van der Waals surface area contributed by atoms with E-state index in [1.54, 1.807) is 18.1 Å². The number of hydrogen-bond donors (Lipinski definition) is 1. The number of morpholine rings is 1. The normalized spacial score (nSPS) is 18.4. The van der Waals surface area contributed by atoms with E-state index in [0.29, 0.717) is 37.7 Å². The predicted octanol–water partition coefficient (Wildman–Crippen LogP) is 2.32. The van der Waals surface area contributed by atoms with E-state index in [2.05, 4.69) is 5.32 Å². The lowest BCUT2D eigenvalue weighted by atomic mass is 10.1. The molecule has 2 rings (SSSR count). The van der Waals surface area contributed by atoms with Gasteiger partial charge in [-0.2, -0.15) is 0 Å². The minimum Gasteiger partial charge on any atom is -0.496 e. The number of nitrogens with zero attached hydrogens (tertiary/aromatic N) is 1. The van der Waals surface area contributed by atoms with Crippen LogP contribution in [0.1, 0.15) is 12.5 Å². The Hall–Kier alpha value is -1.46. The Morgan fingerprint density at radius 3 is 3.10 bits per heavy atom. The lowest BCUT2D eigenvalue weighted by Crippen LogP contribution is -2.51. The Bertz CT molecular complexity index is 496. The van der Waals surface area contributed by atoms with E-state index in [1.807, 2.05) is 19.1 Å². The van der Waals surface area contributed by atoms with Gasteiger partial charge in [0.05, 0.1) is 26.4 Å². The van der Waals surface area contributed by atoms with Gasteiger partial charge in [0, 0.05) is 18.1 Å². The smallest absolute Gasteiger partial charge is 0.317 e. The van der Waals surface area contributed by atoms with Crippen LogP contribution >= 0.6 is 11.6 Å². The van der Waals surface area contributed by atoms with Crippen LogP contribution in [0.3, 0.4) is 0 Å². The first-order valence-corrected chi connectivity index (χ1v) is 7.44. The molecule has 1 N–H and O–H groups in total. The second-order valence-corrected chi connectivity index (χ2v) is 5.49. The van der Waals surface area contributed by atoms with Crippen molar-refractivity contribution in [3.8, 4) is 5.75 Å². The van der Waals surface area contributed by atoms with Gasteiger partial charge in [0.15, 0.2) is 0 Å². The van der Waals surface area contributed by atoms with Crippen molar-refractivity contribution in [1.29, 1.82) is 0 Å². The van der Waals surface area contributed by atoms with Crippen molar-refractivity contribution in [2.24, 2.45) is 0 Å². The number of benzene rings is 1. The molecule has 0 aliphatic carbocycles. The third kappa shape index (κ3) is 4.25. The quantitative estimate of drug-likeness (QED) is 0.928. The Morgan fingerprint density at radius 1 is 1.57 bits per heavy atom. The van der Waals surface area contributed by atoms with E-state index in [4.69, 9.17) is 21.1 Å². The molecule has 21 heavy (non-hydrogen) atoms. The molecule has 1 atom stereocenters. The molecule has 1 heterocycles. The number of halogens is 1. The molecule has 1 aromatic rings. The van der Waals surface area contributed by atoms with Crippen molar-refractivity contribution < 1.29 is 14.3 Å².